The van der Waals surface area contributed by atoms with Gasteiger partial charge in [0.2, 0.25) is 17.8 Å². The number of carbonyl (C=O) groups excluding carboxylic acids is 1. The summed E-state index contributed by atoms with van der Waals surface area (Å²) in [7, 11) is 0. The van der Waals surface area contributed by atoms with Gasteiger partial charge in [-0.2, -0.15) is 4.98 Å². The zero-order valence-corrected chi connectivity index (χ0v) is 20.1. The molecule has 180 valence electrons. The van der Waals surface area contributed by atoms with Crippen molar-refractivity contribution >= 4 is 57.9 Å². The molecule has 0 radical (unpaired) electrons. The van der Waals surface area contributed by atoms with Crippen LogP contribution in [-0.4, -0.2) is 44.7 Å². The molecule has 9 nitrogen and oxygen atoms in total. The summed E-state index contributed by atoms with van der Waals surface area (Å²) >= 11 is 12.5. The number of hydrogen-bond acceptors (Lipinski definition) is 7. The summed E-state index contributed by atoms with van der Waals surface area (Å²) in [5.74, 6) is 0.876. The molecular formula is C23H27Cl2N7O2. The number of rotatable bonds is 6. The van der Waals surface area contributed by atoms with Crippen LogP contribution in [0.5, 0.6) is 0 Å². The molecule has 1 amide bonds. The number of primary amides is 1. The summed E-state index contributed by atoms with van der Waals surface area (Å²) < 4.78 is 7.56. The lowest BCUT2D eigenvalue weighted by Gasteiger charge is -2.29. The average molecular weight is 504 g/mol. The fraction of sp³-hybridized carbons (Fsp3) is 0.478. The zero-order chi connectivity index (χ0) is 23.7. The molecule has 2 aliphatic rings. The van der Waals surface area contributed by atoms with E-state index in [1.807, 2.05) is 6.07 Å². The first kappa shape index (κ1) is 23.1. The van der Waals surface area contributed by atoms with Gasteiger partial charge in [0.05, 0.1) is 16.9 Å². The molecule has 0 unspecified atom stereocenters. The van der Waals surface area contributed by atoms with Crippen LogP contribution >= 0.6 is 23.2 Å². The van der Waals surface area contributed by atoms with Crippen LogP contribution in [0.1, 0.15) is 44.6 Å². The fourth-order valence-electron chi connectivity index (χ4n) is 4.75. The molecule has 1 saturated heterocycles. The van der Waals surface area contributed by atoms with E-state index >= 15 is 0 Å². The van der Waals surface area contributed by atoms with E-state index in [0.717, 1.165) is 57.4 Å². The highest BCUT2D eigenvalue weighted by molar-refractivity contribution is 6.36. The summed E-state index contributed by atoms with van der Waals surface area (Å²) in [6.45, 7) is 1.47. The normalized spacial score (nSPS) is 21.5. The predicted octanol–water partition coefficient (Wildman–Crippen LogP) is 4.68. The van der Waals surface area contributed by atoms with Crippen molar-refractivity contribution in [3.8, 4) is 0 Å². The number of halogens is 2. The minimum atomic E-state index is -0.231. The maximum absolute atomic E-state index is 11.7. The van der Waals surface area contributed by atoms with Crippen molar-refractivity contribution in [3.05, 3.63) is 34.4 Å². The van der Waals surface area contributed by atoms with Crippen LogP contribution < -0.4 is 16.4 Å². The Balaban J connectivity index is 1.50. The van der Waals surface area contributed by atoms with E-state index in [-0.39, 0.29) is 23.9 Å². The van der Waals surface area contributed by atoms with Gasteiger partial charge in [-0.05, 0) is 56.7 Å². The third kappa shape index (κ3) is 4.92. The SMILES string of the molecule is NC(=O)[C@H]1CC[C@H](n2c(Nc3ccc(Cl)cc3Cl)nc3cnc(NC4CCOCC4)nc32)CC1. The Morgan fingerprint density at radius 1 is 1.09 bits per heavy atom. The zero-order valence-electron chi connectivity index (χ0n) is 18.6. The first-order chi connectivity index (χ1) is 16.5. The summed E-state index contributed by atoms with van der Waals surface area (Å²) in [6, 6.07) is 5.67. The second-order valence-electron chi connectivity index (χ2n) is 8.90. The van der Waals surface area contributed by atoms with Gasteiger partial charge in [0.25, 0.3) is 0 Å². The minimum Gasteiger partial charge on any atom is -0.381 e. The second kappa shape index (κ2) is 9.93. The van der Waals surface area contributed by atoms with Crippen molar-refractivity contribution in [2.45, 2.75) is 50.6 Å². The van der Waals surface area contributed by atoms with Gasteiger partial charge in [-0.25, -0.2) is 9.97 Å². The highest BCUT2D eigenvalue weighted by Gasteiger charge is 2.29. The number of fused-ring (bicyclic) bond motifs is 1. The molecule has 3 aromatic rings. The molecule has 1 aliphatic carbocycles. The molecule has 1 aromatic carbocycles. The number of aromatic nitrogens is 4. The van der Waals surface area contributed by atoms with Crippen LogP contribution in [0.15, 0.2) is 24.4 Å². The van der Waals surface area contributed by atoms with Crippen molar-refractivity contribution < 1.29 is 9.53 Å². The molecule has 2 aromatic heterocycles. The van der Waals surface area contributed by atoms with Crippen LogP contribution in [0, 0.1) is 5.92 Å². The molecule has 5 rings (SSSR count). The third-order valence-electron chi connectivity index (χ3n) is 6.63. The van der Waals surface area contributed by atoms with Crippen LogP contribution in [0.3, 0.4) is 0 Å². The number of nitrogens with zero attached hydrogens (tertiary/aromatic N) is 4. The van der Waals surface area contributed by atoms with Gasteiger partial charge in [-0.3, -0.25) is 9.36 Å². The van der Waals surface area contributed by atoms with E-state index in [4.69, 9.17) is 43.6 Å². The number of imidazole rings is 1. The van der Waals surface area contributed by atoms with E-state index in [0.29, 0.717) is 33.1 Å². The number of benzene rings is 1. The smallest absolute Gasteiger partial charge is 0.224 e. The summed E-state index contributed by atoms with van der Waals surface area (Å²) in [6.07, 6.45) is 6.64. The minimum absolute atomic E-state index is 0.0893. The number of carbonyl (C=O) groups is 1. The van der Waals surface area contributed by atoms with Crippen LogP contribution in [-0.2, 0) is 9.53 Å². The predicted molar refractivity (Wildman–Crippen MR) is 133 cm³/mol. The lowest BCUT2D eigenvalue weighted by molar-refractivity contribution is -0.122. The number of nitrogens with two attached hydrogens (primary N) is 1. The number of hydrogen-bond donors (Lipinski definition) is 3. The van der Waals surface area contributed by atoms with Crippen molar-refractivity contribution in [1.82, 2.24) is 19.5 Å². The van der Waals surface area contributed by atoms with Crippen molar-refractivity contribution in [2.24, 2.45) is 11.7 Å². The Kier molecular flexibility index (Phi) is 6.76. The van der Waals surface area contributed by atoms with Gasteiger partial charge in [0, 0.05) is 36.2 Å². The molecule has 1 saturated carbocycles. The molecule has 1 aliphatic heterocycles. The second-order valence-corrected chi connectivity index (χ2v) is 9.74. The molecule has 0 atom stereocenters. The Bertz CT molecular complexity index is 1190. The van der Waals surface area contributed by atoms with Gasteiger partial charge >= 0.3 is 0 Å². The first-order valence-corrected chi connectivity index (χ1v) is 12.3. The molecule has 0 spiro atoms. The van der Waals surface area contributed by atoms with Gasteiger partial charge in [0.1, 0.15) is 5.52 Å². The highest BCUT2D eigenvalue weighted by Crippen LogP contribution is 2.38. The number of nitrogens with one attached hydrogen (secondary N) is 2. The van der Waals surface area contributed by atoms with E-state index in [1.165, 1.54) is 0 Å². The first-order valence-electron chi connectivity index (χ1n) is 11.6. The summed E-state index contributed by atoms with van der Waals surface area (Å²) in [4.78, 5) is 25.8. The summed E-state index contributed by atoms with van der Waals surface area (Å²) in [5.41, 5.74) is 7.67. The number of ether oxygens (including phenoxy) is 1. The topological polar surface area (TPSA) is 120 Å². The Morgan fingerprint density at radius 3 is 2.56 bits per heavy atom. The van der Waals surface area contributed by atoms with E-state index < -0.39 is 0 Å². The maximum Gasteiger partial charge on any atom is 0.224 e. The number of amides is 1. The average Bonchev–Trinajstić information content (AvgIpc) is 3.19. The van der Waals surface area contributed by atoms with Gasteiger partial charge in [-0.15, -0.1) is 0 Å². The van der Waals surface area contributed by atoms with Crippen molar-refractivity contribution in [2.75, 3.05) is 23.8 Å². The lowest BCUT2D eigenvalue weighted by atomic mass is 9.85. The molecule has 3 heterocycles. The Labute approximate surface area is 207 Å². The third-order valence-corrected chi connectivity index (χ3v) is 7.18. The Hall–Kier alpha value is -2.62. The highest BCUT2D eigenvalue weighted by atomic mass is 35.5. The summed E-state index contributed by atoms with van der Waals surface area (Å²) in [5, 5.41) is 7.85. The van der Waals surface area contributed by atoms with Crippen LogP contribution in [0.25, 0.3) is 11.2 Å². The van der Waals surface area contributed by atoms with E-state index in [2.05, 4.69) is 20.2 Å². The van der Waals surface area contributed by atoms with Crippen molar-refractivity contribution in [1.29, 1.82) is 0 Å². The fourth-order valence-corrected chi connectivity index (χ4v) is 5.20. The van der Waals surface area contributed by atoms with Crippen LogP contribution in [0.4, 0.5) is 17.6 Å². The molecule has 2 fully saturated rings. The Morgan fingerprint density at radius 2 is 1.85 bits per heavy atom. The molecule has 34 heavy (non-hydrogen) atoms. The number of anilines is 3. The largest absolute Gasteiger partial charge is 0.381 e. The van der Waals surface area contributed by atoms with Gasteiger partial charge in [0.15, 0.2) is 5.65 Å². The maximum atomic E-state index is 11.7. The van der Waals surface area contributed by atoms with Gasteiger partial charge in [-0.1, -0.05) is 23.2 Å². The van der Waals surface area contributed by atoms with Crippen LogP contribution in [0.2, 0.25) is 10.0 Å². The molecule has 0 bridgehead atoms. The van der Waals surface area contributed by atoms with Gasteiger partial charge < -0.3 is 21.1 Å². The van der Waals surface area contributed by atoms with E-state index in [1.54, 1.807) is 18.3 Å². The van der Waals surface area contributed by atoms with E-state index in [9.17, 15) is 4.79 Å². The lowest BCUT2D eigenvalue weighted by Crippen LogP contribution is -2.29. The molecule has 11 heteroatoms. The quantitative estimate of drug-likeness (QED) is 0.446. The molecule has 4 N–H and O–H groups in total. The molecular weight excluding hydrogens is 477 g/mol. The van der Waals surface area contributed by atoms with Crippen molar-refractivity contribution in [3.63, 3.8) is 0 Å². The monoisotopic (exact) mass is 503 g/mol. The standard InChI is InChI=1S/C23H27Cl2N7O2/c24-14-3-6-18(17(25)11-14)29-23-30-19-12-27-22(28-15-7-9-34-10-8-15)31-21(19)32(23)16-4-1-13(2-5-16)20(26)33/h3,6,11-13,15-16H,1-2,4-5,7-10H2,(H2,26,33)(H,29,30)(H,27,28,31)/t13-,16-.